The highest BCUT2D eigenvalue weighted by atomic mass is 16.5. The summed E-state index contributed by atoms with van der Waals surface area (Å²) in [5, 5.41) is 2.37. The first-order chi connectivity index (χ1) is 17.8. The molecule has 0 radical (unpaired) electrons. The van der Waals surface area contributed by atoms with Crippen LogP contribution in [0.4, 0.5) is 5.69 Å². The van der Waals surface area contributed by atoms with E-state index in [1.807, 2.05) is 46.9 Å². The van der Waals surface area contributed by atoms with Crippen LogP contribution < -0.4 is 4.74 Å². The highest BCUT2D eigenvalue weighted by Crippen LogP contribution is 2.36. The summed E-state index contributed by atoms with van der Waals surface area (Å²) in [6.45, 7) is 8.76. The van der Waals surface area contributed by atoms with Gasteiger partial charge in [-0.25, -0.2) is 4.98 Å². The lowest BCUT2D eigenvalue weighted by atomic mass is 9.88. The highest BCUT2D eigenvalue weighted by Gasteiger charge is 2.20. The molecule has 182 valence electrons. The number of aromatic nitrogens is 2. The van der Waals surface area contributed by atoms with Crippen molar-refractivity contribution < 1.29 is 13.9 Å². The molecule has 0 atom stereocenters. The molecule has 3 aromatic carbocycles. The zero-order valence-corrected chi connectivity index (χ0v) is 21.9. The fraction of sp³-hybridized carbons (Fsp3) is 0.188. The summed E-state index contributed by atoms with van der Waals surface area (Å²) in [7, 11) is 1.96. The molecule has 0 saturated carbocycles. The van der Waals surface area contributed by atoms with Crippen LogP contribution in [0.1, 0.15) is 31.9 Å². The van der Waals surface area contributed by atoms with E-state index in [1.165, 1.54) is 16.3 Å². The second-order valence-corrected chi connectivity index (χ2v) is 10.7. The van der Waals surface area contributed by atoms with Gasteiger partial charge in [0.25, 0.3) is 6.20 Å². The van der Waals surface area contributed by atoms with E-state index in [9.17, 15) is 0 Å². The number of ether oxygens (including phenoxy) is 1. The first-order valence-corrected chi connectivity index (χ1v) is 12.5. The van der Waals surface area contributed by atoms with Gasteiger partial charge in [-0.15, -0.1) is 0 Å². The third-order valence-electron chi connectivity index (χ3n) is 6.74. The Labute approximate surface area is 216 Å². The maximum atomic E-state index is 6.43. The van der Waals surface area contributed by atoms with E-state index in [0.29, 0.717) is 0 Å². The Morgan fingerprint density at radius 2 is 1.65 bits per heavy atom. The molecule has 1 aliphatic rings. The van der Waals surface area contributed by atoms with Crippen LogP contribution in [0.15, 0.2) is 91.4 Å². The van der Waals surface area contributed by atoms with Crippen molar-refractivity contribution >= 4 is 33.5 Å². The van der Waals surface area contributed by atoms with Gasteiger partial charge < -0.3 is 4.74 Å². The summed E-state index contributed by atoms with van der Waals surface area (Å²) in [4.78, 5) is 4.78. The number of benzene rings is 3. The molecule has 2 aromatic heterocycles. The van der Waals surface area contributed by atoms with Crippen LogP contribution >= 0.6 is 0 Å². The third-order valence-corrected chi connectivity index (χ3v) is 6.74. The quantitative estimate of drug-likeness (QED) is 0.246. The zero-order chi connectivity index (χ0) is 25.7. The summed E-state index contributed by atoms with van der Waals surface area (Å²) in [6.07, 6.45) is 5.86. The molecule has 0 spiro atoms. The van der Waals surface area contributed by atoms with Crippen molar-refractivity contribution in [2.45, 2.75) is 33.1 Å². The van der Waals surface area contributed by atoms with E-state index >= 15 is 0 Å². The second kappa shape index (κ2) is 8.58. The number of nitrogens with zero attached hydrogens (tertiary/aromatic N) is 4. The molecular weight excluding hydrogens is 456 g/mol. The average molecular weight is 487 g/mol. The lowest BCUT2D eigenvalue weighted by Crippen LogP contribution is -2.12. The lowest BCUT2D eigenvalue weighted by Gasteiger charge is -2.20. The van der Waals surface area contributed by atoms with Crippen molar-refractivity contribution in [3.8, 4) is 17.3 Å². The minimum Gasteiger partial charge on any atom is -0.457 e. The molecule has 37 heavy (non-hydrogen) atoms. The number of pyridine rings is 1. The fourth-order valence-corrected chi connectivity index (χ4v) is 4.88. The van der Waals surface area contributed by atoms with Crippen molar-refractivity contribution in [3.63, 3.8) is 0 Å². The normalized spacial score (nSPS) is 13.3. The molecule has 0 amide bonds. The molecule has 0 saturated heterocycles. The predicted octanol–water partition coefficient (Wildman–Crippen LogP) is 7.52. The van der Waals surface area contributed by atoms with Gasteiger partial charge in [-0.05, 0) is 59.9 Å². The lowest BCUT2D eigenvalue weighted by molar-refractivity contribution is -0.429. The minimum atomic E-state index is 0.0296. The van der Waals surface area contributed by atoms with Crippen molar-refractivity contribution in [2.75, 3.05) is 7.05 Å². The van der Waals surface area contributed by atoms with E-state index in [1.54, 1.807) is 0 Å². The van der Waals surface area contributed by atoms with E-state index in [4.69, 9.17) is 9.72 Å². The Hall–Kier alpha value is -4.47. The highest BCUT2D eigenvalue weighted by molar-refractivity contribution is 6.09. The van der Waals surface area contributed by atoms with Gasteiger partial charge in [-0.3, -0.25) is 4.57 Å². The number of hydrogen-bond acceptors (Lipinski definition) is 2. The Bertz CT molecular complexity index is 1790. The Kier molecular flexibility index (Phi) is 5.32. The summed E-state index contributed by atoms with van der Waals surface area (Å²) < 4.78 is 12.5. The number of hydrogen-bond donors (Lipinski definition) is 0. The van der Waals surface area contributed by atoms with Crippen LogP contribution in [0.5, 0.6) is 11.5 Å². The Balaban J connectivity index is 1.48. The van der Waals surface area contributed by atoms with Crippen LogP contribution in [0.3, 0.4) is 0 Å². The maximum Gasteiger partial charge on any atom is 0.495 e. The first-order valence-electron chi connectivity index (χ1n) is 12.5. The van der Waals surface area contributed by atoms with E-state index in [-0.39, 0.29) is 5.41 Å². The van der Waals surface area contributed by atoms with Gasteiger partial charge in [-0.2, -0.15) is 0 Å². The van der Waals surface area contributed by atoms with Gasteiger partial charge in [0.2, 0.25) is 11.9 Å². The van der Waals surface area contributed by atoms with Gasteiger partial charge in [0.15, 0.2) is 7.05 Å². The number of aryl methyl sites for hydroxylation is 1. The molecule has 1 aliphatic heterocycles. The van der Waals surface area contributed by atoms with Gasteiger partial charge >= 0.3 is 6.01 Å². The molecule has 0 N–H and O–H groups in total. The molecular formula is C32H30N4O+2. The summed E-state index contributed by atoms with van der Waals surface area (Å²) in [5.41, 5.74) is 5.60. The van der Waals surface area contributed by atoms with Crippen molar-refractivity contribution in [1.29, 1.82) is 0 Å². The average Bonchev–Trinajstić information content (AvgIpc) is 3.44. The third kappa shape index (κ3) is 4.24. The van der Waals surface area contributed by atoms with Crippen LogP contribution in [0.2, 0.25) is 0 Å². The molecule has 0 bridgehead atoms. The number of para-hydroxylation sites is 1. The first kappa shape index (κ1) is 23.0. The van der Waals surface area contributed by atoms with E-state index < -0.39 is 0 Å². The van der Waals surface area contributed by atoms with Crippen molar-refractivity contribution in [1.82, 2.24) is 9.55 Å². The van der Waals surface area contributed by atoms with Crippen LogP contribution in [0.25, 0.3) is 27.6 Å². The van der Waals surface area contributed by atoms with Gasteiger partial charge in [0, 0.05) is 29.1 Å². The summed E-state index contributed by atoms with van der Waals surface area (Å²) in [5.74, 6) is 2.47. The SMILES string of the molecule is Cc1cc(Oc2ccc3c4ccccc4n(-c4cc(C(C)(C)C)ccn4)c3c2)cc([N+]2=C=[N+](C)C=C2)c1. The van der Waals surface area contributed by atoms with E-state index in [0.717, 1.165) is 39.6 Å². The smallest absolute Gasteiger partial charge is 0.457 e. The standard InChI is InChI=1S/C32H30N4O/c1-22-16-24(35-15-14-34(5)21-35)19-26(17-22)37-25-10-11-28-27-8-6-7-9-29(27)36(30(28)20-25)31-18-23(12-13-33-31)32(2,3)4/h6-20H,1-5H3/q+2. The molecule has 6 rings (SSSR count). The largest absolute Gasteiger partial charge is 0.495 e. The zero-order valence-electron chi connectivity index (χ0n) is 21.9. The van der Waals surface area contributed by atoms with Gasteiger partial charge in [-0.1, -0.05) is 48.1 Å². The molecule has 0 unspecified atom stereocenters. The van der Waals surface area contributed by atoms with Crippen LogP contribution in [-0.4, -0.2) is 31.8 Å². The minimum absolute atomic E-state index is 0.0296. The molecule has 5 nitrogen and oxygen atoms in total. The van der Waals surface area contributed by atoms with E-state index in [2.05, 4.69) is 98.9 Å². The maximum absolute atomic E-state index is 6.43. The predicted molar refractivity (Wildman–Crippen MR) is 149 cm³/mol. The molecule has 3 heterocycles. The Morgan fingerprint density at radius 1 is 0.838 bits per heavy atom. The second-order valence-electron chi connectivity index (χ2n) is 10.7. The van der Waals surface area contributed by atoms with Gasteiger partial charge in [0.1, 0.15) is 17.3 Å². The van der Waals surface area contributed by atoms with Crippen LogP contribution in [0, 0.1) is 6.92 Å². The topological polar surface area (TPSA) is 33.1 Å². The monoisotopic (exact) mass is 486 g/mol. The summed E-state index contributed by atoms with van der Waals surface area (Å²) in [6, 6.07) is 28.6. The molecule has 5 heteroatoms. The van der Waals surface area contributed by atoms with Crippen LogP contribution in [-0.2, 0) is 5.41 Å². The number of fused-ring (bicyclic) bond motifs is 3. The van der Waals surface area contributed by atoms with Gasteiger partial charge in [0.05, 0.1) is 17.1 Å². The summed E-state index contributed by atoms with van der Waals surface area (Å²) >= 11 is 0. The number of rotatable bonds is 4. The molecule has 0 aliphatic carbocycles. The molecule has 5 aromatic rings. The fourth-order valence-electron chi connectivity index (χ4n) is 4.88. The van der Waals surface area contributed by atoms with Crippen molar-refractivity contribution in [2.24, 2.45) is 0 Å². The van der Waals surface area contributed by atoms with Crippen molar-refractivity contribution in [3.05, 3.63) is 103 Å². The Morgan fingerprint density at radius 3 is 2.43 bits per heavy atom. The molecule has 0 fully saturated rings.